The van der Waals surface area contributed by atoms with Crippen LogP contribution in [0, 0.1) is 5.92 Å². The van der Waals surface area contributed by atoms with Crippen LogP contribution in [0.4, 0.5) is 0 Å². The SMILES string of the molecule is COC(=O)CS(=O)(=O)CC1CCc2c([nH]c3ccc(Br)cc23)C1. The fourth-order valence-corrected chi connectivity index (χ4v) is 5.23. The number of hydrogen-bond acceptors (Lipinski definition) is 4. The van der Waals surface area contributed by atoms with Crippen molar-refractivity contribution in [1.29, 1.82) is 0 Å². The second-order valence-electron chi connectivity index (χ2n) is 6.01. The fourth-order valence-electron chi connectivity index (χ4n) is 3.27. The van der Waals surface area contributed by atoms with Gasteiger partial charge in [-0.2, -0.15) is 0 Å². The Balaban J connectivity index is 1.78. The molecule has 1 heterocycles. The second-order valence-corrected chi connectivity index (χ2v) is 9.04. The van der Waals surface area contributed by atoms with Crippen LogP contribution in [0.2, 0.25) is 0 Å². The number of benzene rings is 1. The molecule has 1 aromatic carbocycles. The molecule has 5 nitrogen and oxygen atoms in total. The largest absolute Gasteiger partial charge is 0.468 e. The first kappa shape index (κ1) is 16.5. The second kappa shape index (κ2) is 6.28. The van der Waals surface area contributed by atoms with Gasteiger partial charge in [-0.05, 0) is 48.9 Å². The molecule has 1 atom stereocenters. The van der Waals surface area contributed by atoms with E-state index in [0.29, 0.717) is 6.42 Å². The number of aryl methyl sites for hydroxylation is 1. The van der Waals surface area contributed by atoms with Gasteiger partial charge in [-0.3, -0.25) is 4.79 Å². The van der Waals surface area contributed by atoms with E-state index in [-0.39, 0.29) is 11.7 Å². The van der Waals surface area contributed by atoms with E-state index in [1.54, 1.807) is 0 Å². The van der Waals surface area contributed by atoms with E-state index in [1.165, 1.54) is 18.1 Å². The van der Waals surface area contributed by atoms with Crippen LogP contribution in [0.15, 0.2) is 22.7 Å². The Morgan fingerprint density at radius 2 is 2.22 bits per heavy atom. The standard InChI is InChI=1S/C16H18BrNO4S/c1-22-16(19)9-23(20,21)8-10-2-4-12-13-7-11(17)3-5-14(13)18-15(12)6-10/h3,5,7,10,18H,2,4,6,8-9H2,1H3. The predicted octanol–water partition coefficient (Wildman–Crippen LogP) is 2.62. The zero-order valence-electron chi connectivity index (χ0n) is 12.8. The minimum absolute atomic E-state index is 0.0284. The lowest BCUT2D eigenvalue weighted by Gasteiger charge is -2.22. The summed E-state index contributed by atoms with van der Waals surface area (Å²) in [7, 11) is -2.23. The highest BCUT2D eigenvalue weighted by molar-refractivity contribution is 9.10. The Morgan fingerprint density at radius 3 is 2.96 bits per heavy atom. The van der Waals surface area contributed by atoms with Gasteiger partial charge in [0.2, 0.25) is 0 Å². The maximum absolute atomic E-state index is 12.1. The molecule has 1 aliphatic rings. The molecule has 0 radical (unpaired) electrons. The number of ether oxygens (including phenoxy) is 1. The van der Waals surface area contributed by atoms with Crippen molar-refractivity contribution in [1.82, 2.24) is 4.98 Å². The Kier molecular flexibility index (Phi) is 4.51. The average molecular weight is 400 g/mol. The van der Waals surface area contributed by atoms with E-state index < -0.39 is 21.6 Å². The quantitative estimate of drug-likeness (QED) is 0.801. The van der Waals surface area contributed by atoms with E-state index in [4.69, 9.17) is 0 Å². The van der Waals surface area contributed by atoms with Crippen LogP contribution >= 0.6 is 15.9 Å². The number of methoxy groups -OCH3 is 1. The number of aromatic nitrogens is 1. The number of halogens is 1. The minimum atomic E-state index is -3.43. The summed E-state index contributed by atoms with van der Waals surface area (Å²) < 4.78 is 29.6. The van der Waals surface area contributed by atoms with Gasteiger partial charge >= 0.3 is 5.97 Å². The Labute approximate surface area is 143 Å². The molecule has 0 bridgehead atoms. The number of carbonyl (C=O) groups is 1. The first-order chi connectivity index (χ1) is 10.9. The lowest BCUT2D eigenvalue weighted by Crippen LogP contribution is -2.27. The number of aromatic amines is 1. The van der Waals surface area contributed by atoms with Gasteiger partial charge in [0.1, 0.15) is 5.75 Å². The fraction of sp³-hybridized carbons (Fsp3) is 0.438. The van der Waals surface area contributed by atoms with Crippen LogP contribution in [0.3, 0.4) is 0 Å². The van der Waals surface area contributed by atoms with Crippen LogP contribution < -0.4 is 0 Å². The van der Waals surface area contributed by atoms with Gasteiger partial charge in [-0.15, -0.1) is 0 Å². The molecule has 124 valence electrons. The molecule has 0 spiro atoms. The molecular weight excluding hydrogens is 382 g/mol. The van der Waals surface area contributed by atoms with E-state index in [0.717, 1.165) is 28.5 Å². The Bertz CT molecular complexity index is 856. The molecule has 7 heteroatoms. The van der Waals surface area contributed by atoms with Crippen molar-refractivity contribution in [2.24, 2.45) is 5.92 Å². The maximum atomic E-state index is 12.1. The zero-order chi connectivity index (χ0) is 16.6. The van der Waals surface area contributed by atoms with Crippen LogP contribution in [0.5, 0.6) is 0 Å². The van der Waals surface area contributed by atoms with Crippen molar-refractivity contribution in [3.63, 3.8) is 0 Å². The lowest BCUT2D eigenvalue weighted by molar-refractivity contribution is -0.137. The number of sulfone groups is 1. The van der Waals surface area contributed by atoms with Crippen molar-refractivity contribution in [2.75, 3.05) is 18.6 Å². The molecule has 0 aliphatic heterocycles. The molecule has 23 heavy (non-hydrogen) atoms. The van der Waals surface area contributed by atoms with E-state index in [1.807, 2.05) is 12.1 Å². The van der Waals surface area contributed by atoms with E-state index >= 15 is 0 Å². The summed E-state index contributed by atoms with van der Waals surface area (Å²) in [6, 6.07) is 6.11. The average Bonchev–Trinajstić information content (AvgIpc) is 2.83. The highest BCUT2D eigenvalue weighted by Crippen LogP contribution is 2.33. The summed E-state index contributed by atoms with van der Waals surface area (Å²) in [6.07, 6.45) is 2.36. The van der Waals surface area contributed by atoms with Gasteiger partial charge < -0.3 is 9.72 Å². The lowest BCUT2D eigenvalue weighted by atomic mass is 9.88. The first-order valence-corrected chi connectivity index (χ1v) is 10.1. The number of carbonyl (C=O) groups excluding carboxylic acids is 1. The van der Waals surface area contributed by atoms with Crippen molar-refractivity contribution < 1.29 is 17.9 Å². The smallest absolute Gasteiger partial charge is 0.320 e. The molecule has 1 N–H and O–H groups in total. The third kappa shape index (κ3) is 3.61. The number of H-pyrrole nitrogens is 1. The van der Waals surface area contributed by atoms with Gasteiger partial charge in [0.25, 0.3) is 0 Å². The van der Waals surface area contributed by atoms with Gasteiger partial charge in [0, 0.05) is 21.1 Å². The molecule has 2 aromatic rings. The molecule has 0 amide bonds. The zero-order valence-corrected chi connectivity index (χ0v) is 15.2. The Morgan fingerprint density at radius 1 is 1.43 bits per heavy atom. The van der Waals surface area contributed by atoms with E-state index in [9.17, 15) is 13.2 Å². The molecule has 3 rings (SSSR count). The van der Waals surface area contributed by atoms with Crippen LogP contribution in [0.25, 0.3) is 10.9 Å². The van der Waals surface area contributed by atoms with Crippen LogP contribution in [-0.2, 0) is 32.2 Å². The van der Waals surface area contributed by atoms with Gasteiger partial charge in [-0.1, -0.05) is 15.9 Å². The van der Waals surface area contributed by atoms with Crippen LogP contribution in [-0.4, -0.2) is 38.0 Å². The first-order valence-electron chi connectivity index (χ1n) is 7.44. The summed E-state index contributed by atoms with van der Waals surface area (Å²) in [4.78, 5) is 14.6. The number of hydrogen-bond donors (Lipinski definition) is 1. The molecule has 1 unspecified atom stereocenters. The van der Waals surface area contributed by atoms with Gasteiger partial charge in [-0.25, -0.2) is 8.42 Å². The topological polar surface area (TPSA) is 76.2 Å². The Hall–Kier alpha value is -1.34. The highest BCUT2D eigenvalue weighted by atomic mass is 79.9. The van der Waals surface area contributed by atoms with Crippen molar-refractivity contribution in [2.45, 2.75) is 19.3 Å². The van der Waals surface area contributed by atoms with Gasteiger partial charge in [0.05, 0.1) is 12.9 Å². The molecule has 1 aromatic heterocycles. The summed E-state index contributed by atoms with van der Waals surface area (Å²) in [5.41, 5.74) is 3.47. The number of fused-ring (bicyclic) bond motifs is 3. The monoisotopic (exact) mass is 399 g/mol. The normalized spacial score (nSPS) is 17.9. The number of rotatable bonds is 4. The van der Waals surface area contributed by atoms with E-state index in [2.05, 4.69) is 31.7 Å². The number of nitrogens with one attached hydrogen (secondary N) is 1. The summed E-state index contributed by atoms with van der Waals surface area (Å²) >= 11 is 3.49. The third-order valence-electron chi connectivity index (χ3n) is 4.31. The molecule has 1 aliphatic carbocycles. The number of esters is 1. The third-order valence-corrected chi connectivity index (χ3v) is 6.46. The molecule has 0 saturated heterocycles. The van der Waals surface area contributed by atoms with Crippen molar-refractivity contribution >= 4 is 42.6 Å². The molecule has 0 fully saturated rings. The highest BCUT2D eigenvalue weighted by Gasteiger charge is 2.28. The molecular formula is C16H18BrNO4S. The molecule has 0 saturated carbocycles. The van der Waals surface area contributed by atoms with Crippen molar-refractivity contribution in [3.05, 3.63) is 33.9 Å². The maximum Gasteiger partial charge on any atom is 0.320 e. The van der Waals surface area contributed by atoms with Crippen molar-refractivity contribution in [3.8, 4) is 0 Å². The predicted molar refractivity (Wildman–Crippen MR) is 92.2 cm³/mol. The summed E-state index contributed by atoms with van der Waals surface area (Å²) in [5, 5.41) is 1.20. The summed E-state index contributed by atoms with van der Waals surface area (Å²) in [6.45, 7) is 0. The van der Waals surface area contributed by atoms with Crippen LogP contribution in [0.1, 0.15) is 17.7 Å². The summed E-state index contributed by atoms with van der Waals surface area (Å²) in [5.74, 6) is -1.17. The van der Waals surface area contributed by atoms with Gasteiger partial charge in [0.15, 0.2) is 9.84 Å². The minimum Gasteiger partial charge on any atom is -0.468 e.